The molecule has 1 N–H and O–H groups in total. The Balaban J connectivity index is 2.10. The molecule has 1 aromatic rings. The molecule has 0 spiro atoms. The van der Waals surface area contributed by atoms with Crippen molar-refractivity contribution in [2.24, 2.45) is 11.8 Å². The number of imide groups is 1. The summed E-state index contributed by atoms with van der Waals surface area (Å²) in [5, 5.41) is 5.26. The summed E-state index contributed by atoms with van der Waals surface area (Å²) < 4.78 is 5.04. The molecule has 1 aromatic heterocycles. The van der Waals surface area contributed by atoms with Gasteiger partial charge in [-0.15, -0.1) is 11.3 Å². The van der Waals surface area contributed by atoms with Crippen molar-refractivity contribution in [1.29, 1.82) is 0 Å². The summed E-state index contributed by atoms with van der Waals surface area (Å²) in [6, 6.07) is 3.48. The monoisotopic (exact) mass is 368 g/mol. The summed E-state index contributed by atoms with van der Waals surface area (Å²) in [6.07, 6.45) is 2.39. The van der Waals surface area contributed by atoms with Gasteiger partial charge in [-0.3, -0.25) is 24.6 Å². The molecule has 2 saturated heterocycles. The minimum absolute atomic E-state index is 0.231. The number of amides is 2. The van der Waals surface area contributed by atoms with Crippen molar-refractivity contribution >= 4 is 40.9 Å². The van der Waals surface area contributed by atoms with E-state index >= 15 is 0 Å². The number of nitrogens with zero attached hydrogens (tertiary/aromatic N) is 1. The smallest absolute Gasteiger partial charge is 0.326 e. The lowest BCUT2D eigenvalue weighted by molar-refractivity contribution is -0.154. The summed E-state index contributed by atoms with van der Waals surface area (Å²) in [5.41, 5.74) is -1.16. The van der Waals surface area contributed by atoms with Crippen molar-refractivity contribution in [3.8, 4) is 0 Å². The molecule has 0 radical (unpaired) electrons. The summed E-state index contributed by atoms with van der Waals surface area (Å²) >= 11 is 3.11. The molecule has 2 aliphatic rings. The summed E-state index contributed by atoms with van der Waals surface area (Å²) in [6.45, 7) is 0. The minimum Gasteiger partial charge on any atom is -0.468 e. The van der Waals surface area contributed by atoms with E-state index in [-0.39, 0.29) is 17.9 Å². The number of hydrogen-bond donors (Lipinski definition) is 1. The molecule has 130 valence electrons. The Labute approximate surface area is 148 Å². The first-order valence-electron chi connectivity index (χ1n) is 7.67. The Morgan fingerprint density at radius 3 is 2.79 bits per heavy atom. The third kappa shape index (κ3) is 2.39. The zero-order valence-electron chi connectivity index (χ0n) is 13.8. The van der Waals surface area contributed by atoms with Crippen LogP contribution in [0.15, 0.2) is 17.5 Å². The fraction of sp³-hybridized carbons (Fsp3) is 0.562. The second kappa shape index (κ2) is 6.50. The maximum atomic E-state index is 12.8. The van der Waals surface area contributed by atoms with Crippen LogP contribution in [0.5, 0.6) is 0 Å². The highest BCUT2D eigenvalue weighted by atomic mass is 32.2. The maximum absolute atomic E-state index is 12.8. The molecule has 2 fully saturated rings. The second-order valence-electron chi connectivity index (χ2n) is 6.08. The molecular formula is C16H20N2O4S2. The van der Waals surface area contributed by atoms with Gasteiger partial charge in [-0.05, 0) is 29.9 Å². The van der Waals surface area contributed by atoms with E-state index in [9.17, 15) is 14.4 Å². The highest BCUT2D eigenvalue weighted by Crippen LogP contribution is 2.50. The lowest BCUT2D eigenvalue weighted by atomic mass is 9.78. The van der Waals surface area contributed by atoms with E-state index in [4.69, 9.17) is 4.74 Å². The minimum atomic E-state index is -1.16. The van der Waals surface area contributed by atoms with E-state index in [1.54, 1.807) is 11.8 Å². The fourth-order valence-electron chi connectivity index (χ4n) is 3.82. The number of carbonyl (C=O) groups excluding carboxylic acids is 3. The Morgan fingerprint density at radius 2 is 2.21 bits per heavy atom. The van der Waals surface area contributed by atoms with Crippen LogP contribution < -0.4 is 5.32 Å². The van der Waals surface area contributed by atoms with Crippen LogP contribution in [0, 0.1) is 11.8 Å². The van der Waals surface area contributed by atoms with E-state index in [1.165, 1.54) is 25.5 Å². The number of ether oxygens (including phenoxy) is 1. The van der Waals surface area contributed by atoms with Gasteiger partial charge in [-0.2, -0.15) is 11.8 Å². The number of carbonyl (C=O) groups is 3. The average molecular weight is 368 g/mol. The number of fused-ring (bicyclic) bond motifs is 1. The van der Waals surface area contributed by atoms with Crippen LogP contribution in [0.25, 0.3) is 0 Å². The molecule has 4 atom stereocenters. The predicted molar refractivity (Wildman–Crippen MR) is 92.7 cm³/mol. The van der Waals surface area contributed by atoms with Crippen LogP contribution >= 0.6 is 23.1 Å². The normalized spacial score (nSPS) is 32.3. The number of hydrogen-bond acceptors (Lipinski definition) is 7. The average Bonchev–Trinajstić information content (AvgIpc) is 3.27. The number of nitrogens with one attached hydrogen (secondary N) is 1. The molecule has 8 heteroatoms. The zero-order valence-corrected chi connectivity index (χ0v) is 15.4. The quantitative estimate of drug-likeness (QED) is 0.623. The molecule has 0 saturated carbocycles. The van der Waals surface area contributed by atoms with E-state index in [0.717, 1.165) is 9.78 Å². The van der Waals surface area contributed by atoms with Gasteiger partial charge in [0.1, 0.15) is 5.54 Å². The van der Waals surface area contributed by atoms with Crippen LogP contribution in [-0.2, 0) is 19.1 Å². The molecule has 6 nitrogen and oxygen atoms in total. The lowest BCUT2D eigenvalue weighted by Gasteiger charge is -2.31. The number of esters is 1. The third-order valence-corrected chi connectivity index (χ3v) is 6.54. The van der Waals surface area contributed by atoms with Crippen molar-refractivity contribution in [2.45, 2.75) is 18.0 Å². The molecule has 0 aromatic carbocycles. The first-order valence-corrected chi connectivity index (χ1v) is 9.95. The van der Waals surface area contributed by atoms with Crippen molar-refractivity contribution < 1.29 is 19.1 Å². The molecule has 0 bridgehead atoms. The van der Waals surface area contributed by atoms with Gasteiger partial charge in [0, 0.05) is 11.9 Å². The molecule has 4 unspecified atom stereocenters. The summed E-state index contributed by atoms with van der Waals surface area (Å²) in [4.78, 5) is 40.3. The molecule has 0 aliphatic carbocycles. The fourth-order valence-corrected chi connectivity index (χ4v) is 5.17. The molecule has 24 heavy (non-hydrogen) atoms. The third-order valence-electron chi connectivity index (χ3n) is 4.97. The standard InChI is InChI=1S/C16H20N2O4S2/c1-18-13(19)10-11(14(18)20)16(6-8-23-3,15(21)22-2)17-12(10)9-5-4-7-24-9/h4-5,7,10-12,17H,6,8H2,1-3H3. The number of likely N-dealkylation sites (tertiary alicyclic amines) is 1. The molecular weight excluding hydrogens is 348 g/mol. The number of rotatable bonds is 5. The zero-order chi connectivity index (χ0) is 17.5. The first-order chi connectivity index (χ1) is 11.5. The highest BCUT2D eigenvalue weighted by molar-refractivity contribution is 7.98. The van der Waals surface area contributed by atoms with Gasteiger partial charge in [0.05, 0.1) is 25.0 Å². The molecule has 3 heterocycles. The first kappa shape index (κ1) is 17.4. The van der Waals surface area contributed by atoms with Crippen molar-refractivity contribution in [2.75, 3.05) is 26.2 Å². The number of thiophene rings is 1. The van der Waals surface area contributed by atoms with Crippen molar-refractivity contribution in [1.82, 2.24) is 10.2 Å². The lowest BCUT2D eigenvalue weighted by Crippen LogP contribution is -2.56. The Bertz CT molecular complexity index is 663. The predicted octanol–water partition coefficient (Wildman–Crippen LogP) is 1.29. The van der Waals surface area contributed by atoms with Crippen molar-refractivity contribution in [3.63, 3.8) is 0 Å². The van der Waals surface area contributed by atoms with E-state index in [0.29, 0.717) is 12.2 Å². The van der Waals surface area contributed by atoms with Crippen LogP contribution in [-0.4, -0.2) is 54.4 Å². The number of methoxy groups -OCH3 is 1. The SMILES string of the molecule is COC(=O)C1(CCSC)NC(c2cccs2)C2C(=O)N(C)C(=O)C21. The van der Waals surface area contributed by atoms with E-state index in [2.05, 4.69) is 5.32 Å². The van der Waals surface area contributed by atoms with Crippen LogP contribution in [0.4, 0.5) is 0 Å². The van der Waals surface area contributed by atoms with Gasteiger partial charge in [0.2, 0.25) is 11.8 Å². The van der Waals surface area contributed by atoms with Crippen LogP contribution in [0.3, 0.4) is 0 Å². The second-order valence-corrected chi connectivity index (χ2v) is 8.05. The Morgan fingerprint density at radius 1 is 1.46 bits per heavy atom. The Hall–Kier alpha value is -1.38. The van der Waals surface area contributed by atoms with Crippen LogP contribution in [0.1, 0.15) is 17.3 Å². The van der Waals surface area contributed by atoms with E-state index in [1.807, 2.05) is 23.8 Å². The largest absolute Gasteiger partial charge is 0.468 e. The summed E-state index contributed by atoms with van der Waals surface area (Å²) in [5.74, 6) is -1.60. The topological polar surface area (TPSA) is 75.7 Å². The summed E-state index contributed by atoms with van der Waals surface area (Å²) in [7, 11) is 2.81. The van der Waals surface area contributed by atoms with E-state index < -0.39 is 23.3 Å². The van der Waals surface area contributed by atoms with Crippen molar-refractivity contribution in [3.05, 3.63) is 22.4 Å². The molecule has 2 amide bonds. The maximum Gasteiger partial charge on any atom is 0.326 e. The molecule has 2 aliphatic heterocycles. The van der Waals surface area contributed by atoms with Gasteiger partial charge in [0.15, 0.2) is 0 Å². The van der Waals surface area contributed by atoms with Gasteiger partial charge >= 0.3 is 5.97 Å². The van der Waals surface area contributed by atoms with Gasteiger partial charge in [0.25, 0.3) is 0 Å². The van der Waals surface area contributed by atoms with Gasteiger partial charge in [-0.25, -0.2) is 0 Å². The van der Waals surface area contributed by atoms with Gasteiger partial charge < -0.3 is 4.74 Å². The molecule has 3 rings (SSSR count). The van der Waals surface area contributed by atoms with Gasteiger partial charge in [-0.1, -0.05) is 6.07 Å². The van der Waals surface area contributed by atoms with Crippen LogP contribution in [0.2, 0.25) is 0 Å². The Kier molecular flexibility index (Phi) is 4.72. The highest BCUT2D eigenvalue weighted by Gasteiger charge is 2.68. The number of thioether (sulfide) groups is 1.